The van der Waals surface area contributed by atoms with Crippen LogP contribution in [0.3, 0.4) is 0 Å². The number of hydrogen-bond acceptors (Lipinski definition) is 4. The Bertz CT molecular complexity index is 222. The standard InChI is InChI=1S/C7H12N2O2/c1-5-4-9-7(11-5)6(10)2-3-8/h4,6,10H,2-3,8H2,1H3. The third-order valence-corrected chi connectivity index (χ3v) is 1.36. The third kappa shape index (κ3) is 2.03. The summed E-state index contributed by atoms with van der Waals surface area (Å²) in [5.74, 6) is 1.06. The van der Waals surface area contributed by atoms with Gasteiger partial charge in [0.2, 0.25) is 5.89 Å². The van der Waals surface area contributed by atoms with Crippen LogP contribution in [-0.4, -0.2) is 16.6 Å². The molecule has 0 saturated carbocycles. The summed E-state index contributed by atoms with van der Waals surface area (Å²) in [4.78, 5) is 3.86. The van der Waals surface area contributed by atoms with Gasteiger partial charge in [-0.1, -0.05) is 0 Å². The van der Waals surface area contributed by atoms with Gasteiger partial charge < -0.3 is 15.3 Å². The number of hydrogen-bond donors (Lipinski definition) is 2. The summed E-state index contributed by atoms with van der Waals surface area (Å²) in [6, 6.07) is 0. The van der Waals surface area contributed by atoms with Gasteiger partial charge in [0.1, 0.15) is 11.9 Å². The van der Waals surface area contributed by atoms with E-state index in [2.05, 4.69) is 4.98 Å². The number of rotatable bonds is 3. The van der Waals surface area contributed by atoms with Crippen LogP contribution in [0.15, 0.2) is 10.6 Å². The van der Waals surface area contributed by atoms with Gasteiger partial charge in [-0.05, 0) is 19.9 Å². The fourth-order valence-corrected chi connectivity index (χ4v) is 0.808. The van der Waals surface area contributed by atoms with Crippen LogP contribution in [0.25, 0.3) is 0 Å². The van der Waals surface area contributed by atoms with Crippen LogP contribution in [-0.2, 0) is 0 Å². The number of oxazole rings is 1. The Hall–Kier alpha value is -0.870. The lowest BCUT2D eigenvalue weighted by molar-refractivity contribution is 0.135. The molecule has 0 amide bonds. The third-order valence-electron chi connectivity index (χ3n) is 1.36. The first-order chi connectivity index (χ1) is 5.24. The van der Waals surface area contributed by atoms with Gasteiger partial charge in [-0.3, -0.25) is 0 Å². The Balaban J connectivity index is 2.60. The van der Waals surface area contributed by atoms with Gasteiger partial charge in [-0.15, -0.1) is 0 Å². The normalized spacial score (nSPS) is 13.4. The van der Waals surface area contributed by atoms with Crippen molar-refractivity contribution in [2.45, 2.75) is 19.4 Å². The highest BCUT2D eigenvalue weighted by Gasteiger charge is 2.11. The van der Waals surface area contributed by atoms with Crippen molar-refractivity contribution < 1.29 is 9.52 Å². The zero-order valence-corrected chi connectivity index (χ0v) is 6.45. The zero-order chi connectivity index (χ0) is 8.27. The smallest absolute Gasteiger partial charge is 0.223 e. The van der Waals surface area contributed by atoms with Crippen molar-refractivity contribution in [2.75, 3.05) is 6.54 Å². The fraction of sp³-hybridized carbons (Fsp3) is 0.571. The van der Waals surface area contributed by atoms with Crippen LogP contribution in [0, 0.1) is 6.92 Å². The van der Waals surface area contributed by atoms with E-state index >= 15 is 0 Å². The van der Waals surface area contributed by atoms with Crippen molar-refractivity contribution in [2.24, 2.45) is 5.73 Å². The van der Waals surface area contributed by atoms with Crippen LogP contribution in [0.4, 0.5) is 0 Å². The largest absolute Gasteiger partial charge is 0.443 e. The van der Waals surface area contributed by atoms with E-state index in [1.807, 2.05) is 0 Å². The van der Waals surface area contributed by atoms with E-state index < -0.39 is 6.10 Å². The molecule has 0 fully saturated rings. The summed E-state index contributed by atoms with van der Waals surface area (Å²) in [6.45, 7) is 2.22. The van der Waals surface area contributed by atoms with Crippen LogP contribution >= 0.6 is 0 Å². The molecule has 1 heterocycles. The van der Waals surface area contributed by atoms with Crippen LogP contribution < -0.4 is 5.73 Å². The Labute approximate surface area is 65.0 Å². The van der Waals surface area contributed by atoms with Gasteiger partial charge in [0, 0.05) is 0 Å². The predicted octanol–water partition coefficient (Wildman–Crippen LogP) is 0.365. The number of nitrogens with zero attached hydrogens (tertiary/aromatic N) is 1. The second-order valence-corrected chi connectivity index (χ2v) is 2.40. The molecular formula is C7H12N2O2. The molecule has 1 atom stereocenters. The summed E-state index contributed by atoms with van der Waals surface area (Å²) in [6.07, 6.45) is 1.41. The highest BCUT2D eigenvalue weighted by molar-refractivity contribution is 4.93. The zero-order valence-electron chi connectivity index (χ0n) is 6.45. The first kappa shape index (κ1) is 8.23. The molecule has 0 aliphatic rings. The molecule has 0 bridgehead atoms. The minimum atomic E-state index is -0.659. The second kappa shape index (κ2) is 3.50. The molecule has 3 N–H and O–H groups in total. The molecule has 62 valence electrons. The van der Waals surface area contributed by atoms with E-state index in [9.17, 15) is 5.11 Å². The Morgan fingerprint density at radius 2 is 2.55 bits per heavy atom. The van der Waals surface area contributed by atoms with Gasteiger partial charge in [-0.2, -0.15) is 0 Å². The molecule has 1 rings (SSSR count). The molecule has 0 saturated heterocycles. The highest BCUT2D eigenvalue weighted by Crippen LogP contribution is 2.14. The molecule has 11 heavy (non-hydrogen) atoms. The summed E-state index contributed by atoms with van der Waals surface area (Å²) < 4.78 is 5.08. The van der Waals surface area contributed by atoms with Crippen molar-refractivity contribution >= 4 is 0 Å². The molecule has 1 aromatic heterocycles. The number of aromatic nitrogens is 1. The number of aryl methyl sites for hydroxylation is 1. The van der Waals surface area contributed by atoms with E-state index in [1.165, 1.54) is 0 Å². The molecule has 0 aliphatic heterocycles. The van der Waals surface area contributed by atoms with Crippen molar-refractivity contribution in [3.05, 3.63) is 17.8 Å². The maximum atomic E-state index is 9.30. The maximum Gasteiger partial charge on any atom is 0.223 e. The SMILES string of the molecule is Cc1cnc(C(O)CCN)o1. The minimum absolute atomic E-state index is 0.355. The lowest BCUT2D eigenvalue weighted by atomic mass is 10.2. The van der Waals surface area contributed by atoms with Crippen LogP contribution in [0.5, 0.6) is 0 Å². The summed E-state index contributed by atoms with van der Waals surface area (Å²) in [5, 5.41) is 9.30. The quantitative estimate of drug-likeness (QED) is 0.663. The molecular weight excluding hydrogens is 144 g/mol. The second-order valence-electron chi connectivity index (χ2n) is 2.40. The molecule has 4 heteroatoms. The Kier molecular flexibility index (Phi) is 2.62. The first-order valence-electron chi connectivity index (χ1n) is 3.54. The fourth-order valence-electron chi connectivity index (χ4n) is 0.808. The molecule has 0 spiro atoms. The Morgan fingerprint density at radius 3 is 3.00 bits per heavy atom. The monoisotopic (exact) mass is 156 g/mol. The van der Waals surface area contributed by atoms with Gasteiger partial charge in [0.15, 0.2) is 0 Å². The van der Waals surface area contributed by atoms with E-state index in [0.717, 1.165) is 0 Å². The summed E-state index contributed by atoms with van der Waals surface area (Å²) in [5.41, 5.74) is 5.24. The van der Waals surface area contributed by atoms with Crippen molar-refractivity contribution in [3.63, 3.8) is 0 Å². The topological polar surface area (TPSA) is 72.3 Å². The Morgan fingerprint density at radius 1 is 1.82 bits per heavy atom. The maximum absolute atomic E-state index is 9.30. The van der Waals surface area contributed by atoms with Crippen molar-refractivity contribution in [1.82, 2.24) is 4.98 Å². The summed E-state index contributed by atoms with van der Waals surface area (Å²) >= 11 is 0. The van der Waals surface area contributed by atoms with Gasteiger partial charge in [-0.25, -0.2) is 4.98 Å². The van der Waals surface area contributed by atoms with E-state index in [1.54, 1.807) is 13.1 Å². The van der Waals surface area contributed by atoms with Gasteiger partial charge >= 0.3 is 0 Å². The van der Waals surface area contributed by atoms with E-state index in [0.29, 0.717) is 24.6 Å². The predicted molar refractivity (Wildman–Crippen MR) is 39.9 cm³/mol. The average Bonchev–Trinajstić information content (AvgIpc) is 2.36. The molecule has 0 aliphatic carbocycles. The molecule has 0 radical (unpaired) electrons. The van der Waals surface area contributed by atoms with Gasteiger partial charge in [0.25, 0.3) is 0 Å². The lowest BCUT2D eigenvalue weighted by Gasteiger charge is -2.02. The molecule has 1 aromatic rings. The molecule has 0 aromatic carbocycles. The van der Waals surface area contributed by atoms with E-state index in [4.69, 9.17) is 10.2 Å². The highest BCUT2D eigenvalue weighted by atomic mass is 16.4. The molecule has 4 nitrogen and oxygen atoms in total. The number of aliphatic hydroxyl groups is 1. The van der Waals surface area contributed by atoms with E-state index in [-0.39, 0.29) is 0 Å². The first-order valence-corrected chi connectivity index (χ1v) is 3.54. The number of nitrogens with two attached hydrogens (primary N) is 1. The van der Waals surface area contributed by atoms with Gasteiger partial charge in [0.05, 0.1) is 6.20 Å². The molecule has 1 unspecified atom stereocenters. The lowest BCUT2D eigenvalue weighted by Crippen LogP contribution is -2.06. The summed E-state index contributed by atoms with van der Waals surface area (Å²) in [7, 11) is 0. The van der Waals surface area contributed by atoms with Crippen molar-refractivity contribution in [1.29, 1.82) is 0 Å². The minimum Gasteiger partial charge on any atom is -0.443 e. The average molecular weight is 156 g/mol. The van der Waals surface area contributed by atoms with Crippen molar-refractivity contribution in [3.8, 4) is 0 Å². The van der Waals surface area contributed by atoms with Crippen LogP contribution in [0.1, 0.15) is 24.2 Å². The van der Waals surface area contributed by atoms with Crippen LogP contribution in [0.2, 0.25) is 0 Å². The number of aliphatic hydroxyl groups excluding tert-OH is 1.